The quantitative estimate of drug-likeness (QED) is 0.652. The van der Waals surface area contributed by atoms with Crippen LogP contribution in [0, 0.1) is 11.8 Å². The topological polar surface area (TPSA) is 99.2 Å². The zero-order chi connectivity index (χ0) is 24.4. The van der Waals surface area contributed by atoms with Crippen LogP contribution in [0.15, 0.2) is 48.5 Å². The number of fused-ring (bicyclic) bond motifs is 3. The van der Waals surface area contributed by atoms with Crippen LogP contribution in [0.4, 0.5) is 4.79 Å². The Balaban J connectivity index is 1.42. The van der Waals surface area contributed by atoms with Crippen molar-refractivity contribution in [2.45, 2.75) is 18.9 Å². The maximum Gasteiger partial charge on any atom is 0.407 e. The second-order valence-electron chi connectivity index (χ2n) is 9.45. The van der Waals surface area contributed by atoms with Gasteiger partial charge in [-0.05, 0) is 42.3 Å². The molecule has 1 heterocycles. The number of rotatable bonds is 7. The highest BCUT2D eigenvalue weighted by molar-refractivity contribution is 5.87. The summed E-state index contributed by atoms with van der Waals surface area (Å²) in [7, 11) is 3.62. The Morgan fingerprint density at radius 1 is 1.06 bits per heavy atom. The van der Waals surface area contributed by atoms with Crippen molar-refractivity contribution in [1.82, 2.24) is 15.1 Å². The van der Waals surface area contributed by atoms with Gasteiger partial charge in [0.2, 0.25) is 5.91 Å². The summed E-state index contributed by atoms with van der Waals surface area (Å²) < 4.78 is 5.61. The van der Waals surface area contributed by atoms with E-state index in [1.165, 1.54) is 4.90 Å². The molecule has 1 unspecified atom stereocenters. The van der Waals surface area contributed by atoms with Gasteiger partial charge in [-0.15, -0.1) is 0 Å². The molecule has 1 aliphatic carbocycles. The van der Waals surface area contributed by atoms with Crippen molar-refractivity contribution in [3.63, 3.8) is 0 Å². The van der Waals surface area contributed by atoms with E-state index < -0.39 is 24.0 Å². The summed E-state index contributed by atoms with van der Waals surface area (Å²) in [5.74, 6) is -2.01. The van der Waals surface area contributed by atoms with E-state index in [-0.39, 0.29) is 37.4 Å². The van der Waals surface area contributed by atoms with Crippen molar-refractivity contribution in [3.8, 4) is 11.1 Å². The lowest BCUT2D eigenvalue weighted by Gasteiger charge is -2.26. The minimum atomic E-state index is -0.906. The number of nitrogens with one attached hydrogen (secondary N) is 1. The highest BCUT2D eigenvalue weighted by atomic mass is 16.5. The molecule has 4 rings (SSSR count). The van der Waals surface area contributed by atoms with Crippen molar-refractivity contribution in [1.29, 1.82) is 0 Å². The minimum Gasteiger partial charge on any atom is -0.481 e. The maximum absolute atomic E-state index is 13.2. The second-order valence-corrected chi connectivity index (χ2v) is 9.45. The molecule has 0 spiro atoms. The first kappa shape index (κ1) is 23.8. The van der Waals surface area contributed by atoms with Gasteiger partial charge in [-0.2, -0.15) is 0 Å². The number of nitrogens with zero attached hydrogens (tertiary/aromatic N) is 2. The molecule has 2 aromatic rings. The summed E-state index contributed by atoms with van der Waals surface area (Å²) >= 11 is 0. The van der Waals surface area contributed by atoms with E-state index in [2.05, 4.69) is 17.4 Å². The highest BCUT2D eigenvalue weighted by Crippen LogP contribution is 2.44. The molecule has 8 heteroatoms. The third-order valence-corrected chi connectivity index (χ3v) is 6.72. The van der Waals surface area contributed by atoms with Gasteiger partial charge in [-0.25, -0.2) is 4.79 Å². The molecular weight excluding hydrogens is 434 g/mol. The zero-order valence-corrected chi connectivity index (χ0v) is 19.7. The smallest absolute Gasteiger partial charge is 0.407 e. The van der Waals surface area contributed by atoms with Crippen LogP contribution in [0.25, 0.3) is 11.1 Å². The lowest BCUT2D eigenvalue weighted by atomic mass is 9.98. The van der Waals surface area contributed by atoms with Gasteiger partial charge in [0.25, 0.3) is 0 Å². The molecule has 2 aromatic carbocycles. The van der Waals surface area contributed by atoms with Gasteiger partial charge in [-0.3, -0.25) is 9.59 Å². The maximum atomic E-state index is 13.2. The number of carbonyl (C=O) groups excluding carboxylic acids is 2. The summed E-state index contributed by atoms with van der Waals surface area (Å²) in [6.45, 7) is 2.76. The summed E-state index contributed by atoms with van der Waals surface area (Å²) in [4.78, 5) is 40.7. The van der Waals surface area contributed by atoms with E-state index in [0.717, 1.165) is 22.3 Å². The Kier molecular flexibility index (Phi) is 6.88. The average Bonchev–Trinajstić information content (AvgIpc) is 3.35. The van der Waals surface area contributed by atoms with Gasteiger partial charge in [0.1, 0.15) is 12.6 Å². The Morgan fingerprint density at radius 3 is 2.18 bits per heavy atom. The number of likely N-dealkylation sites (N-methyl/N-ethyl adjacent to an activating group) is 1. The molecule has 8 nitrogen and oxygen atoms in total. The number of amides is 2. The molecule has 3 atom stereocenters. The van der Waals surface area contributed by atoms with E-state index in [9.17, 15) is 19.5 Å². The monoisotopic (exact) mass is 465 g/mol. The van der Waals surface area contributed by atoms with Crippen LogP contribution >= 0.6 is 0 Å². The molecule has 1 saturated heterocycles. The van der Waals surface area contributed by atoms with E-state index in [4.69, 9.17) is 4.74 Å². The highest BCUT2D eigenvalue weighted by Gasteiger charge is 2.39. The lowest BCUT2D eigenvalue weighted by Crippen LogP contribution is -2.52. The predicted octanol–water partition coefficient (Wildman–Crippen LogP) is 2.63. The normalized spacial score (nSPS) is 20.1. The van der Waals surface area contributed by atoms with Gasteiger partial charge < -0.3 is 25.0 Å². The molecule has 34 heavy (non-hydrogen) atoms. The fourth-order valence-corrected chi connectivity index (χ4v) is 5.02. The van der Waals surface area contributed by atoms with Crippen LogP contribution in [0.1, 0.15) is 24.0 Å². The molecule has 0 radical (unpaired) electrons. The number of carboxylic acid groups (broad SMARTS) is 1. The number of ether oxygens (including phenoxy) is 1. The largest absolute Gasteiger partial charge is 0.481 e. The number of alkyl carbamates (subject to hydrolysis) is 1. The molecule has 2 amide bonds. The van der Waals surface area contributed by atoms with E-state index in [1.54, 1.807) is 4.90 Å². The SMILES string of the molecule is C[C@@H]1CN(C(=O)C(CN(C)C)NC(=O)OCC2c3ccccc3-c3ccccc32)C[C@H]1C(=O)O. The summed E-state index contributed by atoms with van der Waals surface area (Å²) in [6, 6.07) is 15.4. The van der Waals surface area contributed by atoms with Crippen LogP contribution < -0.4 is 5.32 Å². The number of benzene rings is 2. The summed E-state index contributed by atoms with van der Waals surface area (Å²) in [6.07, 6.45) is -0.663. The number of likely N-dealkylation sites (tertiary alicyclic amines) is 1. The van der Waals surface area contributed by atoms with Crippen molar-refractivity contribution < 1.29 is 24.2 Å². The van der Waals surface area contributed by atoms with Crippen molar-refractivity contribution >= 4 is 18.0 Å². The molecule has 180 valence electrons. The van der Waals surface area contributed by atoms with E-state index in [0.29, 0.717) is 6.54 Å². The first-order valence-corrected chi connectivity index (χ1v) is 11.5. The third kappa shape index (κ3) is 4.77. The molecule has 2 N–H and O–H groups in total. The summed E-state index contributed by atoms with van der Waals surface area (Å²) in [5, 5.41) is 12.1. The third-order valence-electron chi connectivity index (χ3n) is 6.72. The van der Waals surface area contributed by atoms with Crippen molar-refractivity contribution in [2.24, 2.45) is 11.8 Å². The van der Waals surface area contributed by atoms with Crippen LogP contribution in [-0.2, 0) is 14.3 Å². The van der Waals surface area contributed by atoms with E-state index in [1.807, 2.05) is 57.4 Å². The Bertz CT molecular complexity index is 1040. The number of carboxylic acids is 1. The lowest BCUT2D eigenvalue weighted by molar-refractivity contribution is -0.142. The number of carbonyl (C=O) groups is 3. The van der Waals surface area contributed by atoms with Gasteiger partial charge in [0.15, 0.2) is 0 Å². The first-order chi connectivity index (χ1) is 16.3. The fraction of sp³-hybridized carbons (Fsp3) is 0.423. The standard InChI is InChI=1S/C26H31N3O5/c1-16-12-29(13-21(16)25(31)32)24(30)23(14-28(2)3)27-26(33)34-15-22-19-10-6-4-8-17(19)18-9-5-7-11-20(18)22/h4-11,16,21-23H,12-15H2,1-3H3,(H,27,33)(H,31,32)/t16-,21-,23?/m1/s1. The predicted molar refractivity (Wildman–Crippen MR) is 127 cm³/mol. The van der Waals surface area contributed by atoms with Crippen LogP contribution in [0.2, 0.25) is 0 Å². The molecule has 0 aromatic heterocycles. The van der Waals surface area contributed by atoms with Crippen LogP contribution in [0.3, 0.4) is 0 Å². The molecule has 2 aliphatic rings. The molecule has 0 bridgehead atoms. The summed E-state index contributed by atoms with van der Waals surface area (Å²) in [5.41, 5.74) is 4.51. The van der Waals surface area contributed by atoms with Gasteiger partial charge in [0.05, 0.1) is 5.92 Å². The van der Waals surface area contributed by atoms with Gasteiger partial charge in [0, 0.05) is 25.6 Å². The number of aliphatic carboxylic acids is 1. The number of hydrogen-bond donors (Lipinski definition) is 2. The van der Waals surface area contributed by atoms with E-state index >= 15 is 0 Å². The van der Waals surface area contributed by atoms with Gasteiger partial charge in [-0.1, -0.05) is 55.5 Å². The molecular formula is C26H31N3O5. The second kappa shape index (κ2) is 9.85. The van der Waals surface area contributed by atoms with Crippen LogP contribution in [-0.4, -0.2) is 79.3 Å². The van der Waals surface area contributed by atoms with Gasteiger partial charge >= 0.3 is 12.1 Å². The van der Waals surface area contributed by atoms with Crippen LogP contribution in [0.5, 0.6) is 0 Å². The average molecular weight is 466 g/mol. The van der Waals surface area contributed by atoms with Crippen molar-refractivity contribution in [2.75, 3.05) is 40.3 Å². The zero-order valence-electron chi connectivity index (χ0n) is 19.7. The fourth-order valence-electron chi connectivity index (χ4n) is 5.02. The Morgan fingerprint density at radius 2 is 1.65 bits per heavy atom. The first-order valence-electron chi connectivity index (χ1n) is 11.5. The minimum absolute atomic E-state index is 0.0723. The Hall–Kier alpha value is -3.39. The molecule has 0 saturated carbocycles. The van der Waals surface area contributed by atoms with Crippen molar-refractivity contribution in [3.05, 3.63) is 59.7 Å². The Labute approximate surface area is 199 Å². The number of hydrogen-bond acceptors (Lipinski definition) is 5. The molecule has 1 fully saturated rings. The molecule has 1 aliphatic heterocycles.